The van der Waals surface area contributed by atoms with Crippen LogP contribution >= 0.6 is 0 Å². The molecule has 148 valence electrons. The van der Waals surface area contributed by atoms with E-state index in [2.05, 4.69) is 0 Å². The first-order chi connectivity index (χ1) is 14.0. The lowest BCUT2D eigenvalue weighted by atomic mass is 10.0. The normalized spacial score (nSPS) is 10.4. The minimum Gasteiger partial charge on any atom is -0.488 e. The van der Waals surface area contributed by atoms with E-state index in [0.717, 1.165) is 11.1 Å². The number of aromatic carboxylic acids is 1. The zero-order chi connectivity index (χ0) is 20.8. The Balaban J connectivity index is 1.98. The van der Waals surface area contributed by atoms with E-state index in [1.807, 2.05) is 60.7 Å². The highest BCUT2D eigenvalue weighted by Crippen LogP contribution is 2.36. The van der Waals surface area contributed by atoms with Crippen molar-refractivity contribution in [2.45, 2.75) is 27.1 Å². The first kappa shape index (κ1) is 20.1. The number of carbonyl (C=O) groups excluding carboxylic acids is 1. The van der Waals surface area contributed by atoms with Crippen molar-refractivity contribution in [3.63, 3.8) is 0 Å². The molecule has 3 aromatic carbocycles. The van der Waals surface area contributed by atoms with Crippen LogP contribution in [0.25, 0.3) is 0 Å². The van der Waals surface area contributed by atoms with Crippen molar-refractivity contribution >= 4 is 11.8 Å². The average molecular weight is 390 g/mol. The van der Waals surface area contributed by atoms with Gasteiger partial charge < -0.3 is 14.6 Å². The van der Waals surface area contributed by atoms with Gasteiger partial charge in [-0.15, -0.1) is 0 Å². The summed E-state index contributed by atoms with van der Waals surface area (Å²) in [4.78, 5) is 24.0. The molecule has 5 heteroatoms. The summed E-state index contributed by atoms with van der Waals surface area (Å²) in [6.07, 6.45) is 0. The molecule has 0 aromatic heterocycles. The summed E-state index contributed by atoms with van der Waals surface area (Å²) in [7, 11) is 0. The monoisotopic (exact) mass is 390 g/mol. The molecule has 5 nitrogen and oxygen atoms in total. The van der Waals surface area contributed by atoms with Crippen molar-refractivity contribution < 1.29 is 24.2 Å². The lowest BCUT2D eigenvalue weighted by Gasteiger charge is -2.19. The number of carboxylic acid groups (broad SMARTS) is 1. The van der Waals surface area contributed by atoms with Gasteiger partial charge >= 0.3 is 5.97 Å². The van der Waals surface area contributed by atoms with Gasteiger partial charge in [0, 0.05) is 5.56 Å². The van der Waals surface area contributed by atoms with Gasteiger partial charge in [0.05, 0.1) is 5.56 Å². The first-order valence-corrected chi connectivity index (χ1v) is 9.22. The quantitative estimate of drug-likeness (QED) is 0.545. The molecule has 0 saturated heterocycles. The third-order valence-corrected chi connectivity index (χ3v) is 4.52. The molecule has 29 heavy (non-hydrogen) atoms. The van der Waals surface area contributed by atoms with Crippen LogP contribution in [-0.4, -0.2) is 16.9 Å². The number of hydrogen-bond acceptors (Lipinski definition) is 4. The summed E-state index contributed by atoms with van der Waals surface area (Å²) >= 11 is 0. The molecule has 0 aliphatic carbocycles. The molecule has 0 fully saturated rings. The van der Waals surface area contributed by atoms with E-state index < -0.39 is 5.97 Å². The number of Topliss-reactive ketones (excluding diaryl/α,β-unsaturated/α-hetero) is 1. The minimum absolute atomic E-state index is 0.0595. The van der Waals surface area contributed by atoms with Crippen LogP contribution in [0.5, 0.6) is 11.5 Å². The molecule has 0 aliphatic heterocycles. The summed E-state index contributed by atoms with van der Waals surface area (Å²) in [5.74, 6) is -0.884. The van der Waals surface area contributed by atoms with E-state index in [1.165, 1.54) is 13.0 Å². The second kappa shape index (κ2) is 9.06. The highest BCUT2D eigenvalue weighted by atomic mass is 16.5. The average Bonchev–Trinajstić information content (AvgIpc) is 2.72. The van der Waals surface area contributed by atoms with Gasteiger partial charge in [-0.1, -0.05) is 60.7 Å². The zero-order valence-electron chi connectivity index (χ0n) is 16.3. The fourth-order valence-corrected chi connectivity index (χ4v) is 3.03. The molecular weight excluding hydrogens is 368 g/mol. The Kier molecular flexibility index (Phi) is 6.29. The van der Waals surface area contributed by atoms with E-state index in [0.29, 0.717) is 11.3 Å². The van der Waals surface area contributed by atoms with Crippen LogP contribution in [0, 0.1) is 6.92 Å². The molecule has 0 unspecified atom stereocenters. The van der Waals surface area contributed by atoms with Gasteiger partial charge in [-0.05, 0) is 31.0 Å². The largest absolute Gasteiger partial charge is 0.488 e. The molecular formula is C24H22O5. The molecule has 0 aliphatic rings. The van der Waals surface area contributed by atoms with Gasteiger partial charge in [-0.25, -0.2) is 4.79 Å². The summed E-state index contributed by atoms with van der Waals surface area (Å²) in [5, 5.41) is 9.66. The van der Waals surface area contributed by atoms with Crippen LogP contribution < -0.4 is 9.47 Å². The Morgan fingerprint density at radius 1 is 0.793 bits per heavy atom. The van der Waals surface area contributed by atoms with Crippen LogP contribution in [0.15, 0.2) is 66.7 Å². The Labute approximate surface area is 169 Å². The standard InChI is InChI=1S/C24H22O5/c1-16-22(28-14-18-9-5-3-6-10-18)20(17(2)25)13-21(24(26)27)23(16)29-15-19-11-7-4-8-12-19/h3-13H,14-15H2,1-2H3,(H,26,27). The number of hydrogen-bond donors (Lipinski definition) is 1. The molecule has 0 atom stereocenters. The molecule has 3 rings (SSSR count). The van der Waals surface area contributed by atoms with Crippen molar-refractivity contribution in [3.8, 4) is 11.5 Å². The maximum atomic E-state index is 12.2. The highest BCUT2D eigenvalue weighted by Gasteiger charge is 2.24. The lowest BCUT2D eigenvalue weighted by molar-refractivity contribution is 0.0691. The van der Waals surface area contributed by atoms with E-state index in [9.17, 15) is 14.7 Å². The molecule has 0 saturated carbocycles. The number of ketones is 1. The van der Waals surface area contributed by atoms with Crippen molar-refractivity contribution in [3.05, 3.63) is 94.5 Å². The van der Waals surface area contributed by atoms with Gasteiger partial charge in [-0.3, -0.25) is 4.79 Å². The molecule has 3 aromatic rings. The number of benzene rings is 3. The minimum atomic E-state index is -1.16. The van der Waals surface area contributed by atoms with Gasteiger partial charge in [0.2, 0.25) is 0 Å². The number of carboxylic acids is 1. The van der Waals surface area contributed by atoms with Gasteiger partial charge in [0.15, 0.2) is 5.78 Å². The van der Waals surface area contributed by atoms with Crippen molar-refractivity contribution in [1.82, 2.24) is 0 Å². The second-order valence-corrected chi connectivity index (χ2v) is 6.66. The number of ether oxygens (including phenoxy) is 2. The smallest absolute Gasteiger partial charge is 0.339 e. The van der Waals surface area contributed by atoms with Crippen molar-refractivity contribution in [2.75, 3.05) is 0 Å². The van der Waals surface area contributed by atoms with Crippen molar-refractivity contribution in [2.24, 2.45) is 0 Å². The van der Waals surface area contributed by atoms with Crippen LogP contribution in [0.3, 0.4) is 0 Å². The van der Waals surface area contributed by atoms with E-state index >= 15 is 0 Å². The topological polar surface area (TPSA) is 72.8 Å². The molecule has 1 N–H and O–H groups in total. The van der Waals surface area contributed by atoms with Gasteiger partial charge in [0.1, 0.15) is 30.3 Å². The molecule has 0 bridgehead atoms. The van der Waals surface area contributed by atoms with Crippen LogP contribution in [-0.2, 0) is 13.2 Å². The first-order valence-electron chi connectivity index (χ1n) is 9.22. The predicted molar refractivity (Wildman–Crippen MR) is 110 cm³/mol. The molecule has 0 heterocycles. The number of rotatable bonds is 8. The van der Waals surface area contributed by atoms with E-state index in [4.69, 9.17) is 9.47 Å². The fourth-order valence-electron chi connectivity index (χ4n) is 3.03. The highest BCUT2D eigenvalue weighted by molar-refractivity contribution is 6.02. The fraction of sp³-hybridized carbons (Fsp3) is 0.167. The Morgan fingerprint density at radius 2 is 1.24 bits per heavy atom. The Hall–Kier alpha value is -3.60. The lowest BCUT2D eigenvalue weighted by Crippen LogP contribution is -2.11. The molecule has 0 spiro atoms. The Morgan fingerprint density at radius 3 is 1.66 bits per heavy atom. The number of carbonyl (C=O) groups is 2. The second-order valence-electron chi connectivity index (χ2n) is 6.66. The third kappa shape index (κ3) is 4.82. The third-order valence-electron chi connectivity index (χ3n) is 4.52. The predicted octanol–water partition coefficient (Wildman–Crippen LogP) is 5.05. The van der Waals surface area contributed by atoms with Crippen LogP contribution in [0.2, 0.25) is 0 Å². The van der Waals surface area contributed by atoms with Gasteiger partial charge in [0.25, 0.3) is 0 Å². The summed E-state index contributed by atoms with van der Waals surface area (Å²) in [6.45, 7) is 3.56. The Bertz CT molecular complexity index is 931. The van der Waals surface area contributed by atoms with Gasteiger partial charge in [-0.2, -0.15) is 0 Å². The van der Waals surface area contributed by atoms with Crippen LogP contribution in [0.1, 0.15) is 44.3 Å². The maximum absolute atomic E-state index is 12.2. The molecule has 0 radical (unpaired) electrons. The van der Waals surface area contributed by atoms with E-state index in [1.54, 1.807) is 6.92 Å². The zero-order valence-corrected chi connectivity index (χ0v) is 16.3. The SMILES string of the molecule is CC(=O)c1cc(C(=O)O)c(OCc2ccccc2)c(C)c1OCc1ccccc1. The molecule has 0 amide bonds. The van der Waals surface area contributed by atoms with Crippen molar-refractivity contribution in [1.29, 1.82) is 0 Å². The van der Waals surface area contributed by atoms with E-state index in [-0.39, 0.29) is 35.9 Å². The summed E-state index contributed by atoms with van der Waals surface area (Å²) in [5.41, 5.74) is 2.50. The summed E-state index contributed by atoms with van der Waals surface area (Å²) < 4.78 is 11.8. The van der Waals surface area contributed by atoms with Crippen LogP contribution in [0.4, 0.5) is 0 Å². The summed E-state index contributed by atoms with van der Waals surface area (Å²) in [6, 6.07) is 20.3. The maximum Gasteiger partial charge on any atom is 0.339 e.